The van der Waals surface area contributed by atoms with Gasteiger partial charge < -0.3 is 10.1 Å². The molecule has 2 nitrogen and oxygen atoms in total. The summed E-state index contributed by atoms with van der Waals surface area (Å²) in [5.74, 6) is 0.578. The SMILES string of the molecule is CCNC(Cc1ccc(Br)cc1Cl)C1COC(C)C1. The lowest BCUT2D eigenvalue weighted by Gasteiger charge is -2.24. The largest absolute Gasteiger partial charge is 0.378 e. The van der Waals surface area contributed by atoms with Crippen molar-refractivity contribution in [2.75, 3.05) is 13.2 Å². The Balaban J connectivity index is 2.07. The summed E-state index contributed by atoms with van der Waals surface area (Å²) < 4.78 is 6.73. The molecule has 1 saturated heterocycles. The molecule has 1 aromatic rings. The molecular weight excluding hydrogens is 326 g/mol. The third kappa shape index (κ3) is 4.19. The molecule has 0 amide bonds. The maximum absolute atomic E-state index is 6.32. The second kappa shape index (κ2) is 7.07. The first-order valence-corrected chi connectivity index (χ1v) is 8.06. The normalized spacial score (nSPS) is 24.6. The highest BCUT2D eigenvalue weighted by atomic mass is 79.9. The molecular formula is C15H21BrClNO. The number of likely N-dealkylation sites (N-methyl/N-ethyl adjacent to an activating group) is 1. The van der Waals surface area contributed by atoms with E-state index in [9.17, 15) is 0 Å². The Labute approximate surface area is 129 Å². The van der Waals surface area contributed by atoms with Gasteiger partial charge in [-0.25, -0.2) is 0 Å². The smallest absolute Gasteiger partial charge is 0.0551 e. The highest BCUT2D eigenvalue weighted by Crippen LogP contribution is 2.28. The second-order valence-electron chi connectivity index (χ2n) is 5.24. The zero-order valence-corrected chi connectivity index (χ0v) is 13.8. The summed E-state index contributed by atoms with van der Waals surface area (Å²) in [5.41, 5.74) is 1.20. The molecule has 1 heterocycles. The standard InChI is InChI=1S/C15H21BrClNO/c1-3-18-15(12-6-10(2)19-9-12)7-11-4-5-13(16)8-14(11)17/h4-5,8,10,12,15,18H,3,6-7,9H2,1-2H3. The van der Waals surface area contributed by atoms with Crippen molar-refractivity contribution in [2.45, 2.75) is 38.8 Å². The first-order valence-electron chi connectivity index (χ1n) is 6.89. The van der Waals surface area contributed by atoms with Gasteiger partial charge in [-0.05, 0) is 44.0 Å². The van der Waals surface area contributed by atoms with Crippen LogP contribution in [0.4, 0.5) is 0 Å². The minimum absolute atomic E-state index is 0.381. The Morgan fingerprint density at radius 2 is 2.32 bits per heavy atom. The van der Waals surface area contributed by atoms with Crippen LogP contribution in [0.1, 0.15) is 25.8 Å². The first kappa shape index (κ1) is 15.3. The molecule has 19 heavy (non-hydrogen) atoms. The predicted octanol–water partition coefficient (Wildman–Crippen LogP) is 4.05. The van der Waals surface area contributed by atoms with E-state index in [2.05, 4.69) is 47.2 Å². The molecule has 0 aliphatic carbocycles. The van der Waals surface area contributed by atoms with Crippen LogP contribution in [0.3, 0.4) is 0 Å². The Bertz CT molecular complexity index is 427. The molecule has 4 heteroatoms. The van der Waals surface area contributed by atoms with Gasteiger partial charge in [-0.15, -0.1) is 0 Å². The highest BCUT2D eigenvalue weighted by Gasteiger charge is 2.29. The molecule has 3 atom stereocenters. The van der Waals surface area contributed by atoms with Crippen molar-refractivity contribution in [3.63, 3.8) is 0 Å². The summed E-state index contributed by atoms with van der Waals surface area (Å²) in [5, 5.41) is 4.42. The lowest BCUT2D eigenvalue weighted by molar-refractivity contribution is 0.117. The third-order valence-corrected chi connectivity index (χ3v) is 4.56. The molecule has 106 valence electrons. The average molecular weight is 347 g/mol. The van der Waals surface area contributed by atoms with Crippen LogP contribution < -0.4 is 5.32 Å². The topological polar surface area (TPSA) is 21.3 Å². The van der Waals surface area contributed by atoms with E-state index < -0.39 is 0 Å². The van der Waals surface area contributed by atoms with Gasteiger partial charge in [-0.3, -0.25) is 0 Å². The molecule has 1 N–H and O–H groups in total. The molecule has 0 spiro atoms. The van der Waals surface area contributed by atoms with Crippen LogP contribution in [-0.4, -0.2) is 25.3 Å². The van der Waals surface area contributed by atoms with Crippen LogP contribution in [0.2, 0.25) is 5.02 Å². The van der Waals surface area contributed by atoms with Crippen LogP contribution in [0, 0.1) is 5.92 Å². The van der Waals surface area contributed by atoms with Gasteiger partial charge in [0.25, 0.3) is 0 Å². The van der Waals surface area contributed by atoms with E-state index in [1.54, 1.807) is 0 Å². The van der Waals surface area contributed by atoms with E-state index in [1.807, 2.05) is 6.07 Å². The van der Waals surface area contributed by atoms with Gasteiger partial charge in [0.2, 0.25) is 0 Å². The van der Waals surface area contributed by atoms with Crippen molar-refractivity contribution in [2.24, 2.45) is 5.92 Å². The Kier molecular flexibility index (Phi) is 5.70. The van der Waals surface area contributed by atoms with Crippen LogP contribution >= 0.6 is 27.5 Å². The molecule has 0 bridgehead atoms. The summed E-state index contributed by atoms with van der Waals surface area (Å²) in [7, 11) is 0. The van der Waals surface area contributed by atoms with Gasteiger partial charge in [-0.2, -0.15) is 0 Å². The minimum Gasteiger partial charge on any atom is -0.378 e. The molecule has 1 fully saturated rings. The number of hydrogen-bond donors (Lipinski definition) is 1. The Morgan fingerprint density at radius 1 is 1.53 bits per heavy atom. The first-order chi connectivity index (χ1) is 9.10. The number of hydrogen-bond acceptors (Lipinski definition) is 2. The van der Waals surface area contributed by atoms with Crippen molar-refractivity contribution >= 4 is 27.5 Å². The Morgan fingerprint density at radius 3 is 2.89 bits per heavy atom. The van der Waals surface area contributed by atoms with Crippen LogP contribution in [0.5, 0.6) is 0 Å². The second-order valence-corrected chi connectivity index (χ2v) is 6.57. The van der Waals surface area contributed by atoms with E-state index in [1.165, 1.54) is 5.56 Å². The fourth-order valence-corrected chi connectivity index (χ4v) is 3.47. The van der Waals surface area contributed by atoms with Crippen molar-refractivity contribution < 1.29 is 4.74 Å². The molecule has 1 aliphatic rings. The third-order valence-electron chi connectivity index (χ3n) is 3.72. The quantitative estimate of drug-likeness (QED) is 0.868. The van der Waals surface area contributed by atoms with Crippen molar-refractivity contribution in [3.05, 3.63) is 33.3 Å². The summed E-state index contributed by atoms with van der Waals surface area (Å²) in [6.07, 6.45) is 2.47. The number of ether oxygens (including phenoxy) is 1. The molecule has 3 unspecified atom stereocenters. The van der Waals surface area contributed by atoms with Crippen LogP contribution in [-0.2, 0) is 11.2 Å². The fourth-order valence-electron chi connectivity index (χ4n) is 2.72. The number of halogens is 2. The van der Waals surface area contributed by atoms with Gasteiger partial charge in [0.1, 0.15) is 0 Å². The highest BCUT2D eigenvalue weighted by molar-refractivity contribution is 9.10. The van der Waals surface area contributed by atoms with E-state index in [0.29, 0.717) is 18.1 Å². The minimum atomic E-state index is 0.381. The lowest BCUT2D eigenvalue weighted by Crippen LogP contribution is -2.38. The predicted molar refractivity (Wildman–Crippen MR) is 83.8 cm³/mol. The number of benzene rings is 1. The maximum atomic E-state index is 6.32. The molecule has 1 aromatic carbocycles. The molecule has 0 radical (unpaired) electrons. The lowest BCUT2D eigenvalue weighted by atomic mass is 9.91. The number of nitrogens with one attached hydrogen (secondary N) is 1. The monoisotopic (exact) mass is 345 g/mol. The van der Waals surface area contributed by atoms with Gasteiger partial charge >= 0.3 is 0 Å². The van der Waals surface area contributed by atoms with Crippen LogP contribution in [0.25, 0.3) is 0 Å². The van der Waals surface area contributed by atoms with Crippen molar-refractivity contribution in [1.82, 2.24) is 5.32 Å². The molecule has 0 aromatic heterocycles. The van der Waals surface area contributed by atoms with Gasteiger partial charge in [-0.1, -0.05) is 40.5 Å². The summed E-state index contributed by atoms with van der Waals surface area (Å²) in [6.45, 7) is 6.13. The summed E-state index contributed by atoms with van der Waals surface area (Å²) in [4.78, 5) is 0. The van der Waals surface area contributed by atoms with E-state index in [4.69, 9.17) is 16.3 Å². The van der Waals surface area contributed by atoms with Gasteiger partial charge in [0.05, 0.1) is 12.7 Å². The molecule has 0 saturated carbocycles. The van der Waals surface area contributed by atoms with Crippen molar-refractivity contribution in [1.29, 1.82) is 0 Å². The maximum Gasteiger partial charge on any atom is 0.0551 e. The summed E-state index contributed by atoms with van der Waals surface area (Å²) >= 11 is 9.77. The Hall–Kier alpha value is -0.0900. The van der Waals surface area contributed by atoms with Crippen molar-refractivity contribution in [3.8, 4) is 0 Å². The summed E-state index contributed by atoms with van der Waals surface area (Å²) in [6, 6.07) is 6.57. The number of rotatable bonds is 5. The van der Waals surface area contributed by atoms with E-state index in [-0.39, 0.29) is 0 Å². The average Bonchev–Trinajstić information content (AvgIpc) is 2.78. The van der Waals surface area contributed by atoms with E-state index >= 15 is 0 Å². The molecule has 1 aliphatic heterocycles. The molecule has 2 rings (SSSR count). The van der Waals surface area contributed by atoms with Gasteiger partial charge in [0, 0.05) is 21.5 Å². The fraction of sp³-hybridized carbons (Fsp3) is 0.600. The zero-order valence-electron chi connectivity index (χ0n) is 11.5. The van der Waals surface area contributed by atoms with Gasteiger partial charge in [0.15, 0.2) is 0 Å². The van der Waals surface area contributed by atoms with E-state index in [0.717, 1.165) is 35.5 Å². The zero-order chi connectivity index (χ0) is 13.8. The van der Waals surface area contributed by atoms with Crippen LogP contribution in [0.15, 0.2) is 22.7 Å².